The van der Waals surface area contributed by atoms with E-state index in [1.54, 1.807) is 11.3 Å². The minimum atomic E-state index is -0.0691. The number of halogens is 1. The van der Waals surface area contributed by atoms with Gasteiger partial charge in [0.05, 0.1) is 13.4 Å². The smallest absolute Gasteiger partial charge is 0.252 e. The number of carbonyl (C=O) groups is 1. The van der Waals surface area contributed by atoms with Crippen molar-refractivity contribution in [2.24, 2.45) is 5.73 Å². The van der Waals surface area contributed by atoms with Gasteiger partial charge in [0.15, 0.2) is 0 Å². The summed E-state index contributed by atoms with van der Waals surface area (Å²) in [6, 6.07) is 1.85. The Kier molecular flexibility index (Phi) is 4.76. The third-order valence-corrected chi connectivity index (χ3v) is 3.48. The van der Waals surface area contributed by atoms with Gasteiger partial charge in [-0.15, -0.1) is 11.3 Å². The van der Waals surface area contributed by atoms with Crippen LogP contribution in [-0.4, -0.2) is 17.4 Å². The Labute approximate surface area is 105 Å². The predicted octanol–water partition coefficient (Wildman–Crippen LogP) is 1.76. The van der Waals surface area contributed by atoms with Gasteiger partial charge in [0, 0.05) is 18.3 Å². The van der Waals surface area contributed by atoms with E-state index in [1.165, 1.54) is 0 Å². The van der Waals surface area contributed by atoms with Gasteiger partial charge in [-0.25, -0.2) is 0 Å². The van der Waals surface area contributed by atoms with Gasteiger partial charge in [0.2, 0.25) is 0 Å². The van der Waals surface area contributed by atoms with Gasteiger partial charge in [-0.3, -0.25) is 4.79 Å². The number of carbonyl (C=O) groups excluding carboxylic acids is 1. The van der Waals surface area contributed by atoms with E-state index in [0.717, 1.165) is 2.88 Å². The van der Waals surface area contributed by atoms with Crippen LogP contribution in [0.5, 0.6) is 0 Å². The molecule has 0 spiro atoms. The van der Waals surface area contributed by atoms with Crippen LogP contribution in [0, 0.1) is 2.88 Å². The molecule has 0 aliphatic heterocycles. The molecule has 6 heteroatoms. The third kappa shape index (κ3) is 3.89. The summed E-state index contributed by atoms with van der Waals surface area (Å²) < 4.78 is 1.10. The molecule has 0 bridgehead atoms. The summed E-state index contributed by atoms with van der Waals surface area (Å²) in [5.41, 5.74) is 6.00. The molecular formula is C8H9IN2OS2. The predicted molar refractivity (Wildman–Crippen MR) is 70.8 cm³/mol. The average Bonchev–Trinajstić information content (AvgIpc) is 2.51. The molecule has 76 valence electrons. The van der Waals surface area contributed by atoms with Crippen LogP contribution in [0.4, 0.5) is 0 Å². The lowest BCUT2D eigenvalue weighted by molar-refractivity contribution is 0.0955. The number of thiocarbonyl (C=S) groups is 1. The Morgan fingerprint density at radius 2 is 2.43 bits per heavy atom. The first-order valence-corrected chi connectivity index (χ1v) is 6.27. The highest BCUT2D eigenvalue weighted by Crippen LogP contribution is 2.16. The van der Waals surface area contributed by atoms with Crippen LogP contribution in [0.2, 0.25) is 0 Å². The summed E-state index contributed by atoms with van der Waals surface area (Å²) in [7, 11) is 0. The fourth-order valence-corrected chi connectivity index (χ4v) is 2.26. The maximum absolute atomic E-state index is 11.4. The number of thiophene rings is 1. The van der Waals surface area contributed by atoms with E-state index in [4.69, 9.17) is 18.0 Å². The van der Waals surface area contributed by atoms with Crippen LogP contribution in [-0.2, 0) is 0 Å². The first-order valence-electron chi connectivity index (χ1n) is 3.90. The summed E-state index contributed by atoms with van der Waals surface area (Å²) >= 11 is 8.42. The van der Waals surface area contributed by atoms with Crippen molar-refractivity contribution in [3.8, 4) is 0 Å². The van der Waals surface area contributed by atoms with E-state index < -0.39 is 0 Å². The maximum Gasteiger partial charge on any atom is 0.252 e. The molecule has 0 atom stereocenters. The van der Waals surface area contributed by atoms with Crippen molar-refractivity contribution < 1.29 is 4.79 Å². The minimum Gasteiger partial charge on any atom is -0.393 e. The highest BCUT2D eigenvalue weighted by molar-refractivity contribution is 14.1. The highest BCUT2D eigenvalue weighted by atomic mass is 127. The van der Waals surface area contributed by atoms with E-state index in [9.17, 15) is 4.79 Å². The molecule has 3 N–H and O–H groups in total. The van der Waals surface area contributed by atoms with E-state index in [-0.39, 0.29) is 5.91 Å². The molecule has 1 heterocycles. The second-order valence-electron chi connectivity index (χ2n) is 2.61. The van der Waals surface area contributed by atoms with Crippen LogP contribution >= 0.6 is 46.1 Å². The molecule has 0 aromatic carbocycles. The monoisotopic (exact) mass is 340 g/mol. The number of amides is 1. The Balaban J connectivity index is 2.39. The number of hydrogen-bond donors (Lipinski definition) is 2. The molecule has 0 unspecified atom stereocenters. The highest BCUT2D eigenvalue weighted by Gasteiger charge is 2.06. The van der Waals surface area contributed by atoms with Gasteiger partial charge in [-0.1, -0.05) is 12.2 Å². The van der Waals surface area contributed by atoms with Gasteiger partial charge >= 0.3 is 0 Å². The normalized spacial score (nSPS) is 9.79. The van der Waals surface area contributed by atoms with Gasteiger partial charge in [-0.2, -0.15) is 0 Å². The number of hydrogen-bond acceptors (Lipinski definition) is 3. The molecular weight excluding hydrogens is 331 g/mol. The molecule has 14 heavy (non-hydrogen) atoms. The van der Waals surface area contributed by atoms with Gasteiger partial charge in [0.1, 0.15) is 0 Å². The third-order valence-electron chi connectivity index (χ3n) is 1.49. The van der Waals surface area contributed by atoms with E-state index in [0.29, 0.717) is 23.5 Å². The van der Waals surface area contributed by atoms with Gasteiger partial charge in [-0.05, 0) is 28.7 Å². The van der Waals surface area contributed by atoms with Crippen molar-refractivity contribution in [3.63, 3.8) is 0 Å². The van der Waals surface area contributed by atoms with Crippen molar-refractivity contribution in [2.75, 3.05) is 6.54 Å². The largest absolute Gasteiger partial charge is 0.393 e. The molecule has 0 fully saturated rings. The zero-order chi connectivity index (χ0) is 10.6. The summed E-state index contributed by atoms with van der Waals surface area (Å²) in [5.74, 6) is -0.0691. The Hall–Kier alpha value is -0.210. The number of rotatable bonds is 4. The van der Waals surface area contributed by atoms with Crippen molar-refractivity contribution in [3.05, 3.63) is 19.9 Å². The topological polar surface area (TPSA) is 55.1 Å². The molecule has 0 aliphatic rings. The van der Waals surface area contributed by atoms with E-state index >= 15 is 0 Å². The van der Waals surface area contributed by atoms with Crippen LogP contribution < -0.4 is 11.1 Å². The molecule has 0 saturated carbocycles. The standard InChI is InChI=1S/C8H9IN2OS2/c9-6-3-5(4-14-6)8(12)11-2-1-7(10)13/h3-4H,1-2H2,(H2,10,13)(H,11,12). The Morgan fingerprint density at radius 3 is 2.93 bits per heavy atom. The minimum absolute atomic E-state index is 0.0691. The Bertz CT molecular complexity index is 351. The number of nitrogens with two attached hydrogens (primary N) is 1. The van der Waals surface area contributed by atoms with E-state index in [2.05, 4.69) is 27.9 Å². The number of nitrogens with one attached hydrogen (secondary N) is 1. The van der Waals surface area contributed by atoms with Crippen molar-refractivity contribution >= 4 is 57.0 Å². The fraction of sp³-hybridized carbons (Fsp3) is 0.250. The van der Waals surface area contributed by atoms with Crippen LogP contribution in [0.15, 0.2) is 11.4 Å². The summed E-state index contributed by atoms with van der Waals surface area (Å²) in [6.45, 7) is 0.501. The summed E-state index contributed by atoms with van der Waals surface area (Å²) in [5, 5.41) is 4.57. The second-order valence-corrected chi connectivity index (χ2v) is 5.94. The molecule has 1 amide bonds. The van der Waals surface area contributed by atoms with Crippen molar-refractivity contribution in [2.45, 2.75) is 6.42 Å². The average molecular weight is 340 g/mol. The maximum atomic E-state index is 11.4. The van der Waals surface area contributed by atoms with Crippen molar-refractivity contribution in [1.29, 1.82) is 0 Å². The lowest BCUT2D eigenvalue weighted by Crippen LogP contribution is -2.26. The molecule has 1 rings (SSSR count). The molecule has 0 radical (unpaired) electrons. The van der Waals surface area contributed by atoms with Gasteiger partial charge < -0.3 is 11.1 Å². The molecule has 1 aromatic rings. The van der Waals surface area contributed by atoms with Crippen LogP contribution in [0.25, 0.3) is 0 Å². The lowest BCUT2D eigenvalue weighted by Gasteiger charge is -2.01. The fourth-order valence-electron chi connectivity index (χ4n) is 0.830. The van der Waals surface area contributed by atoms with Crippen LogP contribution in [0.3, 0.4) is 0 Å². The lowest BCUT2D eigenvalue weighted by atomic mass is 10.3. The quantitative estimate of drug-likeness (QED) is 0.649. The first-order chi connectivity index (χ1) is 6.59. The molecule has 0 saturated heterocycles. The SMILES string of the molecule is NC(=S)CCNC(=O)c1csc(I)c1. The van der Waals surface area contributed by atoms with E-state index in [1.807, 2.05) is 11.4 Å². The Morgan fingerprint density at radius 1 is 1.71 bits per heavy atom. The molecule has 3 nitrogen and oxygen atoms in total. The van der Waals surface area contributed by atoms with Crippen LogP contribution in [0.1, 0.15) is 16.8 Å². The van der Waals surface area contributed by atoms with Gasteiger partial charge in [0.25, 0.3) is 5.91 Å². The molecule has 0 aliphatic carbocycles. The first kappa shape index (κ1) is 11.9. The molecule has 1 aromatic heterocycles. The zero-order valence-electron chi connectivity index (χ0n) is 7.25. The second kappa shape index (κ2) is 5.62. The summed E-state index contributed by atoms with van der Waals surface area (Å²) in [6.07, 6.45) is 0.544. The zero-order valence-corrected chi connectivity index (χ0v) is 11.0. The van der Waals surface area contributed by atoms with Crippen molar-refractivity contribution in [1.82, 2.24) is 5.32 Å². The summed E-state index contributed by atoms with van der Waals surface area (Å²) in [4.78, 5) is 11.9.